The molecule has 0 aromatic heterocycles. The lowest BCUT2D eigenvalue weighted by Crippen LogP contribution is -2.28. The molecule has 0 aliphatic heterocycles. The van der Waals surface area contributed by atoms with Gasteiger partial charge < -0.3 is 4.18 Å². The van der Waals surface area contributed by atoms with Crippen molar-refractivity contribution in [2.45, 2.75) is 5.51 Å². The molecule has 3 nitrogen and oxygen atoms in total. The fourth-order valence-electron chi connectivity index (χ4n) is 0.956. The number of halogens is 5. The van der Waals surface area contributed by atoms with Crippen molar-refractivity contribution in [2.24, 2.45) is 0 Å². The first-order valence-corrected chi connectivity index (χ1v) is 5.66. The van der Waals surface area contributed by atoms with E-state index in [1.54, 1.807) is 0 Å². The first-order chi connectivity index (χ1) is 8.12. The van der Waals surface area contributed by atoms with Crippen molar-refractivity contribution in [3.8, 4) is 5.75 Å². The van der Waals surface area contributed by atoms with Gasteiger partial charge >= 0.3 is 15.6 Å². The topological polar surface area (TPSA) is 43.4 Å². The van der Waals surface area contributed by atoms with E-state index in [1.165, 1.54) is 0 Å². The zero-order valence-electron chi connectivity index (χ0n) is 8.41. The van der Waals surface area contributed by atoms with Crippen molar-refractivity contribution in [3.63, 3.8) is 0 Å². The zero-order chi connectivity index (χ0) is 14.0. The molecule has 100 valence electrons. The molecule has 1 aromatic rings. The summed E-state index contributed by atoms with van der Waals surface area (Å²) in [6.45, 7) is 0. The molecule has 0 aliphatic rings. The number of alkyl halides is 3. The molecule has 0 atom stereocenters. The van der Waals surface area contributed by atoms with Crippen molar-refractivity contribution >= 4 is 16.2 Å². The Hall–Kier alpha value is -1.64. The Bertz CT molecular complexity index is 558. The van der Waals surface area contributed by atoms with Gasteiger partial charge in [-0.25, -0.2) is 0 Å². The molecule has 0 bridgehead atoms. The van der Waals surface area contributed by atoms with Crippen LogP contribution in [-0.4, -0.2) is 13.9 Å². The Kier molecular flexibility index (Phi) is 3.95. The van der Waals surface area contributed by atoms with Gasteiger partial charge in [0.05, 0.1) is 0 Å². The summed E-state index contributed by atoms with van der Waals surface area (Å²) in [5.74, 6) is -0.706. The highest BCUT2D eigenvalue weighted by atomic mass is 32.2. The highest BCUT2D eigenvalue weighted by molar-refractivity contribution is 7.87. The summed E-state index contributed by atoms with van der Waals surface area (Å²) < 4.78 is 84.8. The third kappa shape index (κ3) is 3.69. The Morgan fingerprint density at radius 3 is 2.33 bits per heavy atom. The van der Waals surface area contributed by atoms with Crippen molar-refractivity contribution in [1.29, 1.82) is 0 Å². The Labute approximate surface area is 98.6 Å². The molecule has 0 fully saturated rings. The quantitative estimate of drug-likeness (QED) is 0.487. The summed E-state index contributed by atoms with van der Waals surface area (Å²) in [5, 5.41) is 0. The lowest BCUT2D eigenvalue weighted by molar-refractivity contribution is -0.0500. The van der Waals surface area contributed by atoms with Crippen LogP contribution in [0.15, 0.2) is 30.3 Å². The van der Waals surface area contributed by atoms with Crippen LogP contribution in [0.2, 0.25) is 0 Å². The maximum atomic E-state index is 12.0. The highest BCUT2D eigenvalue weighted by Crippen LogP contribution is 2.27. The molecule has 0 radical (unpaired) electrons. The van der Waals surface area contributed by atoms with E-state index in [0.717, 1.165) is 24.3 Å². The van der Waals surface area contributed by atoms with Crippen LogP contribution in [0.3, 0.4) is 0 Å². The summed E-state index contributed by atoms with van der Waals surface area (Å²) in [6, 6.07) is 3.86. The van der Waals surface area contributed by atoms with Gasteiger partial charge in [-0.05, 0) is 17.7 Å². The third-order valence-corrected chi connectivity index (χ3v) is 2.60. The summed E-state index contributed by atoms with van der Waals surface area (Å²) >= 11 is 0. The van der Waals surface area contributed by atoms with Crippen molar-refractivity contribution in [1.82, 2.24) is 0 Å². The average Bonchev–Trinajstić information content (AvgIpc) is 2.14. The predicted octanol–water partition coefficient (Wildman–Crippen LogP) is 3.15. The fourth-order valence-corrected chi connectivity index (χ4v) is 1.41. The van der Waals surface area contributed by atoms with Gasteiger partial charge in [-0.15, -0.1) is 0 Å². The lowest BCUT2D eigenvalue weighted by Gasteiger charge is -2.09. The van der Waals surface area contributed by atoms with Crippen molar-refractivity contribution in [3.05, 3.63) is 35.9 Å². The van der Waals surface area contributed by atoms with E-state index in [9.17, 15) is 30.4 Å². The van der Waals surface area contributed by atoms with Gasteiger partial charge in [0.1, 0.15) is 5.75 Å². The maximum absolute atomic E-state index is 12.0. The van der Waals surface area contributed by atoms with E-state index >= 15 is 0 Å². The second-order valence-electron chi connectivity index (χ2n) is 2.99. The molecule has 0 aliphatic carbocycles. The van der Waals surface area contributed by atoms with Gasteiger partial charge in [-0.1, -0.05) is 12.1 Å². The summed E-state index contributed by atoms with van der Waals surface area (Å²) in [7, 11) is -5.80. The van der Waals surface area contributed by atoms with Crippen LogP contribution in [0.1, 0.15) is 5.56 Å². The van der Waals surface area contributed by atoms with E-state index in [-0.39, 0.29) is 5.56 Å². The molecule has 9 heteroatoms. The van der Waals surface area contributed by atoms with Crippen LogP contribution in [0.25, 0.3) is 6.08 Å². The van der Waals surface area contributed by atoms with Crippen LogP contribution in [0.4, 0.5) is 22.0 Å². The number of hydrogen-bond acceptors (Lipinski definition) is 3. The van der Waals surface area contributed by atoms with Gasteiger partial charge in [-0.3, -0.25) is 0 Å². The number of hydrogen-bond donors (Lipinski definition) is 0. The zero-order valence-corrected chi connectivity index (χ0v) is 9.23. The van der Waals surface area contributed by atoms with Gasteiger partial charge in [0.2, 0.25) is 0 Å². The summed E-state index contributed by atoms with van der Waals surface area (Å²) in [4.78, 5) is 0. The molecule has 0 heterocycles. The third-order valence-electron chi connectivity index (χ3n) is 1.62. The second-order valence-corrected chi connectivity index (χ2v) is 4.53. The molecule has 18 heavy (non-hydrogen) atoms. The van der Waals surface area contributed by atoms with Gasteiger partial charge in [0.25, 0.3) is 6.08 Å². The van der Waals surface area contributed by atoms with Crippen molar-refractivity contribution < 1.29 is 34.6 Å². The lowest BCUT2D eigenvalue weighted by atomic mass is 10.2. The van der Waals surface area contributed by atoms with E-state index < -0.39 is 27.5 Å². The van der Waals surface area contributed by atoms with E-state index in [0.29, 0.717) is 6.08 Å². The SMILES string of the molecule is O=S(=O)(Oc1cccc(C=C(F)F)c1)C(F)(F)F. The molecule has 0 spiro atoms. The minimum absolute atomic E-state index is 0.190. The second kappa shape index (κ2) is 4.92. The smallest absolute Gasteiger partial charge is 0.376 e. The molecule has 1 aromatic carbocycles. The normalized spacial score (nSPS) is 12.1. The maximum Gasteiger partial charge on any atom is 0.534 e. The van der Waals surface area contributed by atoms with Crippen LogP contribution >= 0.6 is 0 Å². The summed E-state index contributed by atoms with van der Waals surface area (Å²) in [5.41, 5.74) is -5.77. The molecule has 0 N–H and O–H groups in total. The monoisotopic (exact) mass is 288 g/mol. The largest absolute Gasteiger partial charge is 0.534 e. The average molecular weight is 288 g/mol. The van der Waals surface area contributed by atoms with Crippen LogP contribution in [0, 0.1) is 0 Å². The molecule has 0 unspecified atom stereocenters. The molecular formula is C9H5F5O3S. The van der Waals surface area contributed by atoms with E-state index in [2.05, 4.69) is 4.18 Å². The number of benzene rings is 1. The molecule has 0 amide bonds. The standard InChI is InChI=1S/C9H5F5O3S/c10-8(11)5-6-2-1-3-7(4-6)17-18(15,16)9(12,13)14/h1-5H. The fraction of sp³-hybridized carbons (Fsp3) is 0.111. The highest BCUT2D eigenvalue weighted by Gasteiger charge is 2.48. The Morgan fingerprint density at radius 2 is 1.83 bits per heavy atom. The summed E-state index contributed by atoms with van der Waals surface area (Å²) in [6.07, 6.45) is -1.72. The Morgan fingerprint density at radius 1 is 1.22 bits per heavy atom. The van der Waals surface area contributed by atoms with Gasteiger partial charge in [0.15, 0.2) is 0 Å². The van der Waals surface area contributed by atoms with Crippen LogP contribution in [0.5, 0.6) is 5.75 Å². The first kappa shape index (κ1) is 14.4. The molecule has 0 saturated carbocycles. The first-order valence-electron chi connectivity index (χ1n) is 4.25. The van der Waals surface area contributed by atoms with Crippen LogP contribution < -0.4 is 4.18 Å². The van der Waals surface area contributed by atoms with Crippen LogP contribution in [-0.2, 0) is 10.1 Å². The molecule has 0 saturated heterocycles. The molecule has 1 rings (SSSR count). The van der Waals surface area contributed by atoms with E-state index in [4.69, 9.17) is 0 Å². The van der Waals surface area contributed by atoms with Gasteiger partial charge in [0, 0.05) is 6.08 Å². The minimum Gasteiger partial charge on any atom is -0.376 e. The molecular weight excluding hydrogens is 283 g/mol. The Balaban J connectivity index is 3.04. The minimum atomic E-state index is -5.80. The van der Waals surface area contributed by atoms with E-state index in [1.807, 2.05) is 0 Å². The predicted molar refractivity (Wildman–Crippen MR) is 52.2 cm³/mol. The number of rotatable bonds is 3. The van der Waals surface area contributed by atoms with Crippen molar-refractivity contribution in [2.75, 3.05) is 0 Å². The van der Waals surface area contributed by atoms with Gasteiger partial charge in [-0.2, -0.15) is 30.4 Å².